The lowest BCUT2D eigenvalue weighted by Crippen LogP contribution is -2.24. The Balaban J connectivity index is 1.67. The van der Waals surface area contributed by atoms with E-state index in [1.165, 1.54) is 35.3 Å². The second-order valence-corrected chi connectivity index (χ2v) is 9.69. The second kappa shape index (κ2) is 7.03. The van der Waals surface area contributed by atoms with Gasteiger partial charge in [-0.2, -0.15) is 0 Å². The van der Waals surface area contributed by atoms with Crippen molar-refractivity contribution in [3.05, 3.63) is 56.4 Å². The van der Waals surface area contributed by atoms with Gasteiger partial charge in [-0.3, -0.25) is 14.1 Å². The van der Waals surface area contributed by atoms with Crippen LogP contribution >= 0.6 is 11.3 Å². The molecule has 1 saturated heterocycles. The molecule has 154 valence electrons. The molecule has 6 rings (SSSR count). The average Bonchev–Trinajstić information content (AvgIpc) is 3.48. The van der Waals surface area contributed by atoms with Crippen molar-refractivity contribution in [3.63, 3.8) is 0 Å². The minimum Gasteiger partial charge on any atom is -0.296 e. The Morgan fingerprint density at radius 3 is 2.57 bits per heavy atom. The molecular weight excluding hydrogens is 394 g/mol. The molecule has 1 fully saturated rings. The van der Waals surface area contributed by atoms with Gasteiger partial charge in [0.25, 0.3) is 5.56 Å². The van der Waals surface area contributed by atoms with Crippen LogP contribution in [0, 0.1) is 6.92 Å². The molecule has 0 N–H and O–H groups in total. The molecule has 3 aromatic heterocycles. The van der Waals surface area contributed by atoms with E-state index in [1.54, 1.807) is 15.9 Å². The van der Waals surface area contributed by atoms with Gasteiger partial charge in [0.1, 0.15) is 4.83 Å². The number of rotatable bonds is 3. The Kier molecular flexibility index (Phi) is 4.28. The summed E-state index contributed by atoms with van der Waals surface area (Å²) >= 11 is 1.78. The molecule has 0 spiro atoms. The molecule has 0 unspecified atom stereocenters. The SMILES string of the molecule is Cc1ccc(-n2c(=O)c3c4c(sc3n3c(CN5CCCC5)nnc23)CCCC4)cc1. The molecule has 1 aliphatic carbocycles. The summed E-state index contributed by atoms with van der Waals surface area (Å²) in [6.45, 7) is 5.06. The standard InChI is InChI=1S/C23H25N5OS/c1-15-8-10-16(11-9-15)27-21(29)20-17-6-2-3-7-18(17)30-22(20)28-19(24-25-23(27)28)14-26-12-4-5-13-26/h8-11H,2-7,12-14H2,1H3. The lowest BCUT2D eigenvalue weighted by Gasteiger charge is -2.14. The Labute approximate surface area is 178 Å². The van der Waals surface area contributed by atoms with E-state index in [-0.39, 0.29) is 5.56 Å². The summed E-state index contributed by atoms with van der Waals surface area (Å²) in [5.41, 5.74) is 3.33. The molecule has 0 radical (unpaired) electrons. The van der Waals surface area contributed by atoms with Crippen LogP contribution in [0.4, 0.5) is 0 Å². The monoisotopic (exact) mass is 419 g/mol. The lowest BCUT2D eigenvalue weighted by molar-refractivity contribution is 0.321. The van der Waals surface area contributed by atoms with Crippen molar-refractivity contribution in [2.75, 3.05) is 13.1 Å². The zero-order valence-corrected chi connectivity index (χ0v) is 18.0. The van der Waals surface area contributed by atoms with Gasteiger partial charge in [0.15, 0.2) is 5.82 Å². The summed E-state index contributed by atoms with van der Waals surface area (Å²) in [7, 11) is 0. The highest BCUT2D eigenvalue weighted by Crippen LogP contribution is 2.35. The summed E-state index contributed by atoms with van der Waals surface area (Å²) in [6, 6.07) is 8.12. The number of fused-ring (bicyclic) bond motifs is 5. The fourth-order valence-corrected chi connectivity index (χ4v) is 6.36. The van der Waals surface area contributed by atoms with Crippen molar-refractivity contribution in [3.8, 4) is 5.69 Å². The van der Waals surface area contributed by atoms with E-state index >= 15 is 0 Å². The molecule has 0 saturated carbocycles. The minimum atomic E-state index is 0.0425. The van der Waals surface area contributed by atoms with Gasteiger partial charge in [0.05, 0.1) is 17.6 Å². The van der Waals surface area contributed by atoms with Crippen LogP contribution in [0.2, 0.25) is 0 Å². The van der Waals surface area contributed by atoms with Gasteiger partial charge in [-0.1, -0.05) is 17.7 Å². The molecule has 0 bridgehead atoms. The van der Waals surface area contributed by atoms with E-state index in [2.05, 4.69) is 26.4 Å². The van der Waals surface area contributed by atoms with Gasteiger partial charge < -0.3 is 0 Å². The number of likely N-dealkylation sites (tertiary alicyclic amines) is 1. The highest BCUT2D eigenvalue weighted by Gasteiger charge is 2.26. The number of benzene rings is 1. The minimum absolute atomic E-state index is 0.0425. The molecular formula is C23H25N5OS. The first-order valence-electron chi connectivity index (χ1n) is 10.9. The average molecular weight is 420 g/mol. The number of aromatic nitrogens is 4. The molecule has 7 heteroatoms. The van der Waals surface area contributed by atoms with E-state index < -0.39 is 0 Å². The van der Waals surface area contributed by atoms with Crippen molar-refractivity contribution in [2.24, 2.45) is 0 Å². The van der Waals surface area contributed by atoms with Crippen LogP contribution in [0.5, 0.6) is 0 Å². The van der Waals surface area contributed by atoms with Gasteiger partial charge in [-0.05, 0) is 76.2 Å². The summed E-state index contributed by atoms with van der Waals surface area (Å²) < 4.78 is 3.93. The van der Waals surface area contributed by atoms with Gasteiger partial charge >= 0.3 is 0 Å². The molecule has 2 aliphatic rings. The first-order chi connectivity index (χ1) is 14.7. The third-order valence-electron chi connectivity index (χ3n) is 6.54. The number of hydrogen-bond donors (Lipinski definition) is 0. The van der Waals surface area contributed by atoms with E-state index in [0.29, 0.717) is 5.78 Å². The van der Waals surface area contributed by atoms with Crippen LogP contribution in [0.3, 0.4) is 0 Å². The Bertz CT molecular complexity index is 1310. The van der Waals surface area contributed by atoms with Gasteiger partial charge in [0, 0.05) is 4.88 Å². The molecule has 1 aliphatic heterocycles. The molecule has 4 heterocycles. The zero-order chi connectivity index (χ0) is 20.2. The number of thiophene rings is 1. The molecule has 4 aromatic rings. The van der Waals surface area contributed by atoms with E-state index in [4.69, 9.17) is 0 Å². The van der Waals surface area contributed by atoms with Crippen LogP contribution in [-0.4, -0.2) is 37.2 Å². The van der Waals surface area contributed by atoms with Crippen LogP contribution in [0.1, 0.15) is 47.5 Å². The van der Waals surface area contributed by atoms with Crippen molar-refractivity contribution >= 4 is 27.3 Å². The molecule has 0 atom stereocenters. The second-order valence-electron chi connectivity index (χ2n) is 8.60. The third-order valence-corrected chi connectivity index (χ3v) is 7.82. The predicted molar refractivity (Wildman–Crippen MR) is 120 cm³/mol. The molecule has 6 nitrogen and oxygen atoms in total. The quantitative estimate of drug-likeness (QED) is 0.506. The maximum absolute atomic E-state index is 13.8. The number of hydrogen-bond acceptors (Lipinski definition) is 5. The normalized spacial score (nSPS) is 17.2. The highest BCUT2D eigenvalue weighted by atomic mass is 32.1. The maximum atomic E-state index is 13.8. The highest BCUT2D eigenvalue weighted by molar-refractivity contribution is 7.18. The van der Waals surface area contributed by atoms with Crippen LogP contribution < -0.4 is 5.56 Å². The van der Waals surface area contributed by atoms with Crippen LogP contribution in [0.25, 0.3) is 21.7 Å². The summed E-state index contributed by atoms with van der Waals surface area (Å²) in [6.07, 6.45) is 6.92. The first kappa shape index (κ1) is 18.3. The van der Waals surface area contributed by atoms with E-state index in [9.17, 15) is 4.79 Å². The van der Waals surface area contributed by atoms with Crippen LogP contribution in [-0.2, 0) is 19.4 Å². The third kappa shape index (κ3) is 2.76. The Morgan fingerprint density at radius 1 is 1.00 bits per heavy atom. The van der Waals surface area contributed by atoms with Crippen molar-refractivity contribution < 1.29 is 0 Å². The maximum Gasteiger partial charge on any atom is 0.268 e. The summed E-state index contributed by atoms with van der Waals surface area (Å²) in [5.74, 6) is 1.57. The smallest absolute Gasteiger partial charge is 0.268 e. The van der Waals surface area contributed by atoms with Crippen LogP contribution in [0.15, 0.2) is 29.1 Å². The van der Waals surface area contributed by atoms with Gasteiger partial charge in [-0.25, -0.2) is 4.57 Å². The molecule has 0 amide bonds. The topological polar surface area (TPSA) is 55.4 Å². The Hall–Kier alpha value is -2.51. The molecule has 1 aromatic carbocycles. The van der Waals surface area contributed by atoms with E-state index in [1.807, 2.05) is 24.3 Å². The van der Waals surface area contributed by atoms with Crippen molar-refractivity contribution in [1.29, 1.82) is 0 Å². The Morgan fingerprint density at radius 2 is 1.77 bits per heavy atom. The fourth-order valence-electron chi connectivity index (χ4n) is 4.96. The van der Waals surface area contributed by atoms with Gasteiger partial charge in [0.2, 0.25) is 5.78 Å². The fraction of sp³-hybridized carbons (Fsp3) is 0.435. The van der Waals surface area contributed by atoms with Gasteiger partial charge in [-0.15, -0.1) is 21.5 Å². The van der Waals surface area contributed by atoms with Crippen molar-refractivity contribution in [2.45, 2.75) is 52.0 Å². The number of nitrogens with zero attached hydrogens (tertiary/aromatic N) is 5. The van der Waals surface area contributed by atoms with Crippen molar-refractivity contribution in [1.82, 2.24) is 24.1 Å². The molecule has 30 heavy (non-hydrogen) atoms. The van der Waals surface area contributed by atoms with E-state index in [0.717, 1.165) is 60.6 Å². The largest absolute Gasteiger partial charge is 0.296 e. The zero-order valence-electron chi connectivity index (χ0n) is 17.2. The predicted octanol–water partition coefficient (Wildman–Crippen LogP) is 3.88. The first-order valence-corrected chi connectivity index (χ1v) is 11.7. The summed E-state index contributed by atoms with van der Waals surface area (Å²) in [4.78, 5) is 18.6. The summed E-state index contributed by atoms with van der Waals surface area (Å²) in [5, 5.41) is 9.99. The number of aryl methyl sites for hydroxylation is 3. The lowest BCUT2D eigenvalue weighted by atomic mass is 9.97.